The van der Waals surface area contributed by atoms with Gasteiger partial charge in [0.15, 0.2) is 15.7 Å². The molecule has 4 aliphatic rings. The second-order valence-electron chi connectivity index (χ2n) is 13.9. The zero-order chi connectivity index (χ0) is 33.4. The average Bonchev–Trinajstić information content (AvgIpc) is 3.69. The molecular formula is C35H38F3N5O4S. The van der Waals surface area contributed by atoms with Gasteiger partial charge in [-0.15, -0.1) is 0 Å². The van der Waals surface area contributed by atoms with E-state index in [9.17, 15) is 22.3 Å². The highest BCUT2D eigenvalue weighted by Gasteiger charge is 2.50. The minimum atomic E-state index is -3.21. The number of fused-ring (bicyclic) bond motifs is 3. The summed E-state index contributed by atoms with van der Waals surface area (Å²) in [6, 6.07) is 5.70. The first-order valence-corrected chi connectivity index (χ1v) is 18.5. The molecule has 9 nitrogen and oxygen atoms in total. The average molecular weight is 682 g/mol. The summed E-state index contributed by atoms with van der Waals surface area (Å²) in [4.78, 5) is 17.9. The van der Waals surface area contributed by atoms with Gasteiger partial charge in [0.25, 0.3) is 0 Å². The van der Waals surface area contributed by atoms with Gasteiger partial charge in [0.05, 0.1) is 21.4 Å². The van der Waals surface area contributed by atoms with E-state index in [1.807, 2.05) is 11.8 Å². The number of pyridine rings is 1. The molecule has 8 rings (SSSR count). The molecule has 0 bridgehead atoms. The van der Waals surface area contributed by atoms with Crippen molar-refractivity contribution in [2.75, 3.05) is 43.4 Å². The highest BCUT2D eigenvalue weighted by Crippen LogP contribution is 2.44. The number of anilines is 1. The summed E-state index contributed by atoms with van der Waals surface area (Å²) in [5.74, 6) is -0.753. The van der Waals surface area contributed by atoms with Crippen LogP contribution in [0.4, 0.5) is 19.0 Å². The van der Waals surface area contributed by atoms with Gasteiger partial charge in [0, 0.05) is 37.8 Å². The smallest absolute Gasteiger partial charge is 0.319 e. The fourth-order valence-electron chi connectivity index (χ4n) is 8.84. The molecule has 48 heavy (non-hydrogen) atoms. The van der Waals surface area contributed by atoms with Crippen molar-refractivity contribution in [2.24, 2.45) is 0 Å². The van der Waals surface area contributed by atoms with Crippen molar-refractivity contribution in [1.82, 2.24) is 19.9 Å². The number of piperidine rings is 1. The molecular weight excluding hydrogens is 643 g/mol. The molecule has 4 saturated heterocycles. The van der Waals surface area contributed by atoms with Crippen molar-refractivity contribution in [3.63, 3.8) is 0 Å². The third-order valence-corrected chi connectivity index (χ3v) is 14.1. The lowest BCUT2D eigenvalue weighted by molar-refractivity contribution is 0.107. The zero-order valence-corrected chi connectivity index (χ0v) is 27.6. The second-order valence-corrected chi connectivity index (χ2v) is 16.4. The number of alkyl halides is 1. The van der Waals surface area contributed by atoms with Crippen LogP contribution in [0.25, 0.3) is 32.9 Å². The normalized spacial score (nSPS) is 25.0. The van der Waals surface area contributed by atoms with Gasteiger partial charge in [0.1, 0.15) is 41.4 Å². The summed E-state index contributed by atoms with van der Waals surface area (Å²) in [6.45, 7) is 3.89. The Hall–Kier alpha value is -3.71. The first-order chi connectivity index (χ1) is 23.0. The van der Waals surface area contributed by atoms with Crippen molar-refractivity contribution >= 4 is 37.3 Å². The van der Waals surface area contributed by atoms with Crippen molar-refractivity contribution in [1.29, 1.82) is 0 Å². The summed E-state index contributed by atoms with van der Waals surface area (Å²) in [5, 5.41) is 11.9. The largest absolute Gasteiger partial charge is 0.508 e. The molecule has 0 amide bonds. The van der Waals surface area contributed by atoms with Gasteiger partial charge in [-0.05, 0) is 86.0 Å². The summed E-state index contributed by atoms with van der Waals surface area (Å²) < 4.78 is 77.8. The zero-order valence-electron chi connectivity index (χ0n) is 26.8. The lowest BCUT2D eigenvalue weighted by atomic mass is 9.91. The summed E-state index contributed by atoms with van der Waals surface area (Å²) in [5.41, 5.74) is -0.0330. The minimum Gasteiger partial charge on any atom is -0.508 e. The van der Waals surface area contributed by atoms with Crippen LogP contribution in [0.3, 0.4) is 0 Å². The van der Waals surface area contributed by atoms with Crippen molar-refractivity contribution < 1.29 is 31.4 Å². The van der Waals surface area contributed by atoms with Crippen LogP contribution in [-0.4, -0.2) is 88.4 Å². The Morgan fingerprint density at radius 1 is 1.06 bits per heavy atom. The molecule has 0 radical (unpaired) electrons. The van der Waals surface area contributed by atoms with Crippen LogP contribution < -0.4 is 9.64 Å². The number of benzene rings is 2. The maximum absolute atomic E-state index is 16.9. The SMILES string of the molecule is CCc1c(F)ccc2cc(O)cc(-c3ncc4c(N5CCC6(CCCS6(=O)=O)CC5)nc(OC[C@@]56CCCN5C[C@H](F)C6)nc4c3F)c12. The molecule has 6 heterocycles. The second kappa shape index (κ2) is 11.4. The molecule has 254 valence electrons. The van der Waals surface area contributed by atoms with Gasteiger partial charge in [-0.3, -0.25) is 9.88 Å². The maximum Gasteiger partial charge on any atom is 0.319 e. The Bertz CT molecular complexity index is 2060. The van der Waals surface area contributed by atoms with Gasteiger partial charge < -0.3 is 14.7 Å². The van der Waals surface area contributed by atoms with Crippen LogP contribution in [0.2, 0.25) is 0 Å². The van der Waals surface area contributed by atoms with E-state index in [2.05, 4.69) is 14.9 Å². The van der Waals surface area contributed by atoms with Crippen LogP contribution in [0.1, 0.15) is 57.4 Å². The van der Waals surface area contributed by atoms with E-state index < -0.39 is 37.9 Å². The van der Waals surface area contributed by atoms with Gasteiger partial charge in [0.2, 0.25) is 0 Å². The third-order valence-electron chi connectivity index (χ3n) is 11.3. The predicted octanol–water partition coefficient (Wildman–Crippen LogP) is 5.89. The molecule has 2 aromatic carbocycles. The molecule has 1 spiro atoms. The third kappa shape index (κ3) is 4.90. The Morgan fingerprint density at radius 3 is 2.62 bits per heavy atom. The number of aromatic nitrogens is 3. The molecule has 13 heteroatoms. The highest BCUT2D eigenvalue weighted by molar-refractivity contribution is 7.93. The summed E-state index contributed by atoms with van der Waals surface area (Å²) in [7, 11) is -3.21. The molecule has 4 aliphatic heterocycles. The number of nitrogens with zero attached hydrogens (tertiary/aromatic N) is 5. The molecule has 4 fully saturated rings. The van der Waals surface area contributed by atoms with E-state index in [1.54, 1.807) is 6.07 Å². The number of ether oxygens (including phenoxy) is 1. The number of phenolic OH excluding ortho intramolecular Hbond substituents is 1. The van der Waals surface area contributed by atoms with Gasteiger partial charge in [-0.2, -0.15) is 9.97 Å². The lowest BCUT2D eigenvalue weighted by Crippen LogP contribution is -2.47. The molecule has 0 unspecified atom stereocenters. The van der Waals surface area contributed by atoms with E-state index >= 15 is 4.39 Å². The number of phenols is 1. The quantitative estimate of drug-likeness (QED) is 0.266. The van der Waals surface area contributed by atoms with Gasteiger partial charge >= 0.3 is 6.01 Å². The van der Waals surface area contributed by atoms with E-state index in [4.69, 9.17) is 9.72 Å². The number of sulfone groups is 1. The Morgan fingerprint density at radius 2 is 1.88 bits per heavy atom. The molecule has 4 aromatic rings. The van der Waals surface area contributed by atoms with E-state index in [1.165, 1.54) is 24.4 Å². The molecule has 0 saturated carbocycles. The number of aryl methyl sites for hydroxylation is 1. The molecule has 2 atom stereocenters. The standard InChI is InChI=1S/C35H38F3N5O4S/c1-2-24-27(37)6-5-21-15-23(44)16-25(28(21)24)30-29(38)31-26(18-39-30)32(42-12-9-35(10-13-42)8-4-14-48(35,45)46)41-33(40-31)47-20-34-7-3-11-43(34)19-22(36)17-34/h5-6,15-16,18,22,44H,2-4,7-14,17,19-20H2,1H3/t22-,34+/m1/s1. The maximum atomic E-state index is 16.9. The predicted molar refractivity (Wildman–Crippen MR) is 177 cm³/mol. The topological polar surface area (TPSA) is 109 Å². The van der Waals surface area contributed by atoms with E-state index in [-0.39, 0.29) is 40.9 Å². The van der Waals surface area contributed by atoms with Crippen molar-refractivity contribution in [3.8, 4) is 23.0 Å². The summed E-state index contributed by atoms with van der Waals surface area (Å²) in [6.07, 6.45) is 5.07. The number of aromatic hydroxyl groups is 1. The minimum absolute atomic E-state index is 0.0599. The fourth-order valence-corrected chi connectivity index (χ4v) is 11.1. The number of rotatable bonds is 6. The van der Waals surface area contributed by atoms with Crippen LogP contribution >= 0.6 is 0 Å². The van der Waals surface area contributed by atoms with E-state index in [0.717, 1.165) is 19.4 Å². The summed E-state index contributed by atoms with van der Waals surface area (Å²) >= 11 is 0. The lowest BCUT2D eigenvalue weighted by Gasteiger charge is -2.39. The highest BCUT2D eigenvalue weighted by atomic mass is 32.2. The monoisotopic (exact) mass is 681 g/mol. The van der Waals surface area contributed by atoms with Crippen LogP contribution in [0.15, 0.2) is 30.5 Å². The Balaban J connectivity index is 1.24. The first-order valence-electron chi connectivity index (χ1n) is 16.8. The number of halogens is 3. The van der Waals surface area contributed by atoms with Gasteiger partial charge in [-0.1, -0.05) is 13.0 Å². The fraction of sp³-hybridized carbons (Fsp3) is 0.514. The number of hydrogen-bond donors (Lipinski definition) is 1. The van der Waals surface area contributed by atoms with Crippen LogP contribution in [0, 0.1) is 11.6 Å². The Labute approximate surface area is 277 Å². The molecule has 1 N–H and O–H groups in total. The van der Waals surface area contributed by atoms with Crippen molar-refractivity contribution in [3.05, 3.63) is 47.7 Å². The first kappa shape index (κ1) is 31.6. The molecule has 2 aromatic heterocycles. The van der Waals surface area contributed by atoms with Crippen molar-refractivity contribution in [2.45, 2.75) is 74.7 Å². The number of hydrogen-bond acceptors (Lipinski definition) is 9. The van der Waals surface area contributed by atoms with Gasteiger partial charge in [-0.25, -0.2) is 21.6 Å². The molecule has 0 aliphatic carbocycles. The van der Waals surface area contributed by atoms with E-state index in [0.29, 0.717) is 85.7 Å². The van der Waals surface area contributed by atoms with Crippen LogP contribution in [0.5, 0.6) is 11.8 Å². The Kier molecular flexibility index (Phi) is 7.52. The van der Waals surface area contributed by atoms with Crippen LogP contribution in [-0.2, 0) is 16.3 Å².